The Morgan fingerprint density at radius 2 is 0.792 bits per heavy atom. The highest BCUT2D eigenvalue weighted by molar-refractivity contribution is 4.54. The average Bonchev–Trinajstić information content (AvgIpc) is 2.58. The van der Waals surface area contributed by atoms with Gasteiger partial charge in [0, 0.05) is 26.2 Å². The minimum atomic E-state index is 0.0694. The van der Waals surface area contributed by atoms with Gasteiger partial charge in [-0.25, -0.2) is 0 Å². The molecule has 4 N–H and O–H groups in total. The maximum Gasteiger partial charge on any atom is 0.0558 e. The zero-order valence-electron chi connectivity index (χ0n) is 16.0. The summed E-state index contributed by atoms with van der Waals surface area (Å²) in [5, 5.41) is 34.0. The molecule has 0 unspecified atom stereocenters. The normalized spacial score (nSPS) is 10.8. The van der Waals surface area contributed by atoms with Crippen molar-refractivity contribution in [2.75, 3.05) is 46.1 Å². The van der Waals surface area contributed by atoms with Crippen molar-refractivity contribution in [2.45, 2.75) is 77.6 Å². The molecule has 5 heteroatoms. The minimum Gasteiger partial charge on any atom is -0.396 e. The standard InChI is InChI=1S/C13H28O.C6H15NO3/c1-2-3-4-5-6-7-8-9-10-11-12-13-14;8-4-1-7(2-5-9)3-6-10/h14H,2-13H2,1H3;8-10H,1-6H2. The Kier molecular flexibility index (Phi) is 27.2. The van der Waals surface area contributed by atoms with E-state index in [1.165, 1.54) is 64.2 Å². The first-order chi connectivity index (χ1) is 11.8. The van der Waals surface area contributed by atoms with E-state index >= 15 is 0 Å². The Labute approximate surface area is 149 Å². The summed E-state index contributed by atoms with van der Waals surface area (Å²) >= 11 is 0. The van der Waals surface area contributed by atoms with Crippen molar-refractivity contribution in [1.82, 2.24) is 4.90 Å². The summed E-state index contributed by atoms with van der Waals surface area (Å²) in [6.45, 7) is 4.39. The summed E-state index contributed by atoms with van der Waals surface area (Å²) in [6.07, 6.45) is 14.8. The number of aliphatic hydroxyl groups is 4. The number of rotatable bonds is 17. The van der Waals surface area contributed by atoms with Crippen molar-refractivity contribution in [3.05, 3.63) is 0 Å². The Balaban J connectivity index is 0. The van der Waals surface area contributed by atoms with Crippen LogP contribution in [0, 0.1) is 0 Å². The van der Waals surface area contributed by atoms with E-state index in [1.54, 1.807) is 4.90 Å². The van der Waals surface area contributed by atoms with E-state index in [0.29, 0.717) is 26.2 Å². The van der Waals surface area contributed by atoms with Crippen LogP contribution in [0.15, 0.2) is 0 Å². The molecular weight excluding hydrogens is 306 g/mol. The first kappa shape index (κ1) is 26.0. The lowest BCUT2D eigenvalue weighted by molar-refractivity contribution is 0.136. The number of hydrogen-bond donors (Lipinski definition) is 4. The first-order valence-corrected chi connectivity index (χ1v) is 9.92. The topological polar surface area (TPSA) is 84.2 Å². The molecule has 0 aliphatic rings. The molecule has 0 radical (unpaired) electrons. The molecule has 0 spiro atoms. The summed E-state index contributed by atoms with van der Waals surface area (Å²) in [4.78, 5) is 1.79. The fourth-order valence-corrected chi connectivity index (χ4v) is 2.54. The van der Waals surface area contributed by atoms with Gasteiger partial charge in [-0.15, -0.1) is 0 Å². The molecular formula is C19H43NO4. The monoisotopic (exact) mass is 349 g/mol. The number of nitrogens with zero attached hydrogens (tertiary/aromatic N) is 1. The average molecular weight is 350 g/mol. The minimum absolute atomic E-state index is 0.0694. The van der Waals surface area contributed by atoms with E-state index in [0.717, 1.165) is 6.42 Å². The lowest BCUT2D eigenvalue weighted by Crippen LogP contribution is -2.32. The predicted octanol–water partition coefficient (Wildman–Crippen LogP) is 2.56. The van der Waals surface area contributed by atoms with Crippen LogP contribution in [0.1, 0.15) is 77.6 Å². The van der Waals surface area contributed by atoms with E-state index < -0.39 is 0 Å². The molecule has 0 amide bonds. The third-order valence-corrected chi connectivity index (χ3v) is 4.01. The molecule has 0 atom stereocenters. The van der Waals surface area contributed by atoms with Crippen LogP contribution in [0.25, 0.3) is 0 Å². The van der Waals surface area contributed by atoms with Crippen LogP contribution in [0.4, 0.5) is 0 Å². The van der Waals surface area contributed by atoms with E-state index in [4.69, 9.17) is 20.4 Å². The molecule has 5 nitrogen and oxygen atoms in total. The quantitative estimate of drug-likeness (QED) is 0.303. The first-order valence-electron chi connectivity index (χ1n) is 9.92. The Hall–Kier alpha value is -0.200. The highest BCUT2D eigenvalue weighted by Crippen LogP contribution is 2.10. The second kappa shape index (κ2) is 25.0. The number of unbranched alkanes of at least 4 members (excludes halogenated alkanes) is 10. The van der Waals surface area contributed by atoms with E-state index in [1.807, 2.05) is 0 Å². The molecule has 0 bridgehead atoms. The van der Waals surface area contributed by atoms with Crippen molar-refractivity contribution in [3.8, 4) is 0 Å². The van der Waals surface area contributed by atoms with Gasteiger partial charge in [-0.1, -0.05) is 71.1 Å². The van der Waals surface area contributed by atoms with Gasteiger partial charge in [0.1, 0.15) is 0 Å². The van der Waals surface area contributed by atoms with Gasteiger partial charge in [0.15, 0.2) is 0 Å². The van der Waals surface area contributed by atoms with Gasteiger partial charge in [0.25, 0.3) is 0 Å². The molecule has 0 aromatic rings. The van der Waals surface area contributed by atoms with Crippen LogP contribution < -0.4 is 0 Å². The fourth-order valence-electron chi connectivity index (χ4n) is 2.54. The lowest BCUT2D eigenvalue weighted by atomic mass is 10.1. The van der Waals surface area contributed by atoms with Crippen LogP contribution in [0.5, 0.6) is 0 Å². The van der Waals surface area contributed by atoms with Crippen LogP contribution in [0.2, 0.25) is 0 Å². The SMILES string of the molecule is CCCCCCCCCCCCCO.OCCN(CCO)CCO. The summed E-state index contributed by atoms with van der Waals surface area (Å²) in [7, 11) is 0. The van der Waals surface area contributed by atoms with Crippen molar-refractivity contribution in [2.24, 2.45) is 0 Å². The summed E-state index contributed by atoms with van der Waals surface area (Å²) in [6, 6.07) is 0. The number of hydrogen-bond acceptors (Lipinski definition) is 5. The van der Waals surface area contributed by atoms with E-state index in [9.17, 15) is 0 Å². The highest BCUT2D eigenvalue weighted by atomic mass is 16.3. The summed E-state index contributed by atoms with van der Waals surface area (Å²) in [5.41, 5.74) is 0. The molecule has 0 saturated heterocycles. The van der Waals surface area contributed by atoms with Gasteiger partial charge in [0.2, 0.25) is 0 Å². The van der Waals surface area contributed by atoms with Crippen molar-refractivity contribution < 1.29 is 20.4 Å². The second-order valence-electron chi connectivity index (χ2n) is 6.27. The fraction of sp³-hybridized carbons (Fsp3) is 1.00. The van der Waals surface area contributed by atoms with Gasteiger partial charge < -0.3 is 20.4 Å². The van der Waals surface area contributed by atoms with Gasteiger partial charge in [0.05, 0.1) is 19.8 Å². The third kappa shape index (κ3) is 24.1. The van der Waals surface area contributed by atoms with Gasteiger partial charge in [-0.05, 0) is 6.42 Å². The molecule has 0 aromatic carbocycles. The van der Waals surface area contributed by atoms with Crippen molar-refractivity contribution >= 4 is 0 Å². The second-order valence-corrected chi connectivity index (χ2v) is 6.27. The van der Waals surface area contributed by atoms with E-state index in [2.05, 4.69) is 6.92 Å². The predicted molar refractivity (Wildman–Crippen MR) is 101 cm³/mol. The summed E-state index contributed by atoms with van der Waals surface area (Å²) < 4.78 is 0. The van der Waals surface area contributed by atoms with Crippen molar-refractivity contribution in [3.63, 3.8) is 0 Å². The zero-order chi connectivity index (χ0) is 18.3. The Morgan fingerprint density at radius 3 is 1.08 bits per heavy atom. The maximum atomic E-state index is 8.59. The molecule has 0 saturated carbocycles. The molecule has 0 fully saturated rings. The zero-order valence-corrected chi connectivity index (χ0v) is 16.0. The van der Waals surface area contributed by atoms with E-state index in [-0.39, 0.29) is 19.8 Å². The lowest BCUT2D eigenvalue weighted by Gasteiger charge is -2.17. The molecule has 0 rings (SSSR count). The molecule has 0 heterocycles. The van der Waals surface area contributed by atoms with Gasteiger partial charge in [-0.3, -0.25) is 4.90 Å². The van der Waals surface area contributed by atoms with Crippen LogP contribution in [0.3, 0.4) is 0 Å². The van der Waals surface area contributed by atoms with Crippen LogP contribution in [-0.2, 0) is 0 Å². The number of aliphatic hydroxyl groups excluding tert-OH is 4. The molecule has 148 valence electrons. The molecule has 0 aromatic heterocycles. The molecule has 24 heavy (non-hydrogen) atoms. The third-order valence-electron chi connectivity index (χ3n) is 4.01. The van der Waals surface area contributed by atoms with Crippen molar-refractivity contribution in [1.29, 1.82) is 0 Å². The largest absolute Gasteiger partial charge is 0.396 e. The van der Waals surface area contributed by atoms with Crippen LogP contribution >= 0.6 is 0 Å². The van der Waals surface area contributed by atoms with Gasteiger partial charge >= 0.3 is 0 Å². The smallest absolute Gasteiger partial charge is 0.0558 e. The Morgan fingerprint density at radius 1 is 0.458 bits per heavy atom. The van der Waals surface area contributed by atoms with Crippen LogP contribution in [-0.4, -0.2) is 71.4 Å². The molecule has 0 aliphatic carbocycles. The summed E-state index contributed by atoms with van der Waals surface area (Å²) in [5.74, 6) is 0. The van der Waals surface area contributed by atoms with Gasteiger partial charge in [-0.2, -0.15) is 0 Å². The Bertz CT molecular complexity index is 180. The highest BCUT2D eigenvalue weighted by Gasteiger charge is 2.00. The maximum absolute atomic E-state index is 8.59. The molecule has 0 aliphatic heterocycles.